The van der Waals surface area contributed by atoms with Crippen molar-refractivity contribution in [3.63, 3.8) is 0 Å². The number of carboxylic acid groups (broad SMARTS) is 1. The van der Waals surface area contributed by atoms with Crippen molar-refractivity contribution >= 4 is 22.8 Å². The molecule has 0 spiro atoms. The molecule has 0 fully saturated rings. The Hall–Kier alpha value is -3.07. The lowest BCUT2D eigenvalue weighted by molar-refractivity contribution is -0.137. The molecule has 1 amide bonds. The van der Waals surface area contributed by atoms with Crippen LogP contribution in [0.5, 0.6) is 0 Å². The summed E-state index contributed by atoms with van der Waals surface area (Å²) in [5, 5.41) is 9.38. The molecule has 0 aliphatic rings. The molecule has 1 aromatic carbocycles. The van der Waals surface area contributed by atoms with Gasteiger partial charge in [-0.05, 0) is 6.07 Å². The van der Waals surface area contributed by atoms with E-state index in [9.17, 15) is 14.4 Å². The van der Waals surface area contributed by atoms with Gasteiger partial charge in [-0.15, -0.1) is 6.42 Å². The van der Waals surface area contributed by atoms with Crippen LogP contribution in [0, 0.1) is 12.3 Å². The first-order valence-electron chi connectivity index (χ1n) is 6.09. The molecule has 2 rings (SSSR count). The summed E-state index contributed by atoms with van der Waals surface area (Å²) in [5.41, 5.74) is 0.197. The van der Waals surface area contributed by atoms with Crippen LogP contribution in [0.1, 0.15) is 10.4 Å². The van der Waals surface area contributed by atoms with Gasteiger partial charge < -0.3 is 15.0 Å². The Morgan fingerprint density at radius 3 is 2.71 bits per heavy atom. The first-order valence-corrected chi connectivity index (χ1v) is 6.09. The minimum Gasteiger partial charge on any atom is -0.480 e. The summed E-state index contributed by atoms with van der Waals surface area (Å²) < 4.78 is 0. The second-order valence-electron chi connectivity index (χ2n) is 4.35. The molecule has 0 aliphatic heterocycles. The zero-order valence-corrected chi connectivity index (χ0v) is 11.0. The van der Waals surface area contributed by atoms with Crippen LogP contribution < -0.4 is 5.56 Å². The lowest BCUT2D eigenvalue weighted by atomic mass is 10.1. The van der Waals surface area contributed by atoms with Gasteiger partial charge in [-0.2, -0.15) is 0 Å². The molecule has 0 bridgehead atoms. The third-order valence-electron chi connectivity index (χ3n) is 2.88. The van der Waals surface area contributed by atoms with E-state index in [1.165, 1.54) is 0 Å². The number of rotatable bonds is 4. The van der Waals surface area contributed by atoms with Crippen LogP contribution in [0.3, 0.4) is 0 Å². The van der Waals surface area contributed by atoms with E-state index >= 15 is 0 Å². The van der Waals surface area contributed by atoms with Crippen molar-refractivity contribution in [1.29, 1.82) is 0 Å². The molecule has 1 heterocycles. The Bertz CT molecular complexity index is 801. The predicted octanol–water partition coefficient (Wildman–Crippen LogP) is 0.688. The third-order valence-corrected chi connectivity index (χ3v) is 2.88. The topological polar surface area (TPSA) is 90.5 Å². The van der Waals surface area contributed by atoms with Crippen LogP contribution in [0.2, 0.25) is 0 Å². The summed E-state index contributed by atoms with van der Waals surface area (Å²) in [5.74, 6) is 0.483. The first-order chi connectivity index (χ1) is 10.0. The van der Waals surface area contributed by atoms with Crippen LogP contribution >= 0.6 is 0 Å². The quantitative estimate of drug-likeness (QED) is 0.808. The molecule has 2 aromatic rings. The number of aliphatic carboxylic acids is 1. The van der Waals surface area contributed by atoms with Gasteiger partial charge >= 0.3 is 5.97 Å². The second kappa shape index (κ2) is 5.92. The number of aromatic amines is 1. The Balaban J connectivity index is 2.54. The van der Waals surface area contributed by atoms with Gasteiger partial charge in [0.25, 0.3) is 5.91 Å². The van der Waals surface area contributed by atoms with Gasteiger partial charge in [0, 0.05) is 17.0 Å². The molecule has 6 nitrogen and oxygen atoms in total. The van der Waals surface area contributed by atoms with E-state index in [4.69, 9.17) is 11.5 Å². The third kappa shape index (κ3) is 3.09. The number of aromatic nitrogens is 1. The first kappa shape index (κ1) is 14.3. The van der Waals surface area contributed by atoms with E-state index in [-0.39, 0.29) is 12.1 Å². The van der Waals surface area contributed by atoms with Gasteiger partial charge in [-0.1, -0.05) is 24.1 Å². The van der Waals surface area contributed by atoms with Crippen LogP contribution in [0.25, 0.3) is 10.9 Å². The van der Waals surface area contributed by atoms with Crippen molar-refractivity contribution in [3.8, 4) is 12.3 Å². The molecule has 0 atom stereocenters. The summed E-state index contributed by atoms with van der Waals surface area (Å²) in [4.78, 5) is 38.5. The SMILES string of the molecule is C#CCN(CC(=O)O)C(=O)c1cc(=O)[nH]c2ccccc12. The number of carbonyl (C=O) groups is 2. The van der Waals surface area contributed by atoms with Gasteiger partial charge in [0.15, 0.2) is 0 Å². The van der Waals surface area contributed by atoms with E-state index in [1.54, 1.807) is 24.3 Å². The highest BCUT2D eigenvalue weighted by atomic mass is 16.4. The zero-order chi connectivity index (χ0) is 15.4. The fraction of sp³-hybridized carbons (Fsp3) is 0.133. The van der Waals surface area contributed by atoms with Crippen molar-refractivity contribution in [2.45, 2.75) is 0 Å². The van der Waals surface area contributed by atoms with E-state index < -0.39 is 24.0 Å². The lowest BCUT2D eigenvalue weighted by Crippen LogP contribution is -2.36. The Kier molecular flexibility index (Phi) is 4.05. The number of hydrogen-bond acceptors (Lipinski definition) is 3. The number of amides is 1. The molecule has 1 aromatic heterocycles. The van der Waals surface area contributed by atoms with Crippen molar-refractivity contribution in [2.24, 2.45) is 0 Å². The summed E-state index contributed by atoms with van der Waals surface area (Å²) >= 11 is 0. The van der Waals surface area contributed by atoms with Crippen molar-refractivity contribution in [3.05, 3.63) is 46.2 Å². The van der Waals surface area contributed by atoms with E-state index in [0.717, 1.165) is 11.0 Å². The molecule has 0 unspecified atom stereocenters. The minimum atomic E-state index is -1.17. The van der Waals surface area contributed by atoms with E-state index in [0.29, 0.717) is 10.9 Å². The average Bonchev–Trinajstić information content (AvgIpc) is 2.44. The molecule has 2 N–H and O–H groups in total. The van der Waals surface area contributed by atoms with Crippen LogP contribution in [-0.2, 0) is 4.79 Å². The maximum atomic E-state index is 12.5. The fourth-order valence-electron chi connectivity index (χ4n) is 2.02. The number of terminal acetylenes is 1. The van der Waals surface area contributed by atoms with Crippen molar-refractivity contribution in [1.82, 2.24) is 9.88 Å². The van der Waals surface area contributed by atoms with Gasteiger partial charge in [0.1, 0.15) is 6.54 Å². The number of para-hydroxylation sites is 1. The summed E-state index contributed by atoms with van der Waals surface area (Å²) in [6.45, 7) is -0.670. The van der Waals surface area contributed by atoms with E-state index in [1.807, 2.05) is 0 Å². The van der Waals surface area contributed by atoms with Crippen LogP contribution in [0.15, 0.2) is 35.1 Å². The number of hydrogen-bond donors (Lipinski definition) is 2. The molecular formula is C15H12N2O4. The number of nitrogens with one attached hydrogen (secondary N) is 1. The smallest absolute Gasteiger partial charge is 0.323 e. The van der Waals surface area contributed by atoms with Crippen molar-refractivity contribution in [2.75, 3.05) is 13.1 Å². The number of benzene rings is 1. The standard InChI is InChI=1S/C15H12N2O4/c1-2-7-17(9-14(19)20)15(21)11-8-13(18)16-12-6-4-3-5-10(11)12/h1,3-6,8H,7,9H2,(H,16,18)(H,19,20). The van der Waals surface area contributed by atoms with Crippen LogP contribution in [0.4, 0.5) is 0 Å². The largest absolute Gasteiger partial charge is 0.480 e. The number of carbonyl (C=O) groups excluding carboxylic acids is 1. The average molecular weight is 284 g/mol. The molecule has 0 saturated heterocycles. The molecule has 0 aliphatic carbocycles. The molecule has 21 heavy (non-hydrogen) atoms. The van der Waals surface area contributed by atoms with E-state index in [2.05, 4.69) is 10.9 Å². The van der Waals surface area contributed by atoms with Gasteiger partial charge in [0.05, 0.1) is 12.1 Å². The number of carboxylic acids is 1. The molecule has 6 heteroatoms. The van der Waals surface area contributed by atoms with Gasteiger partial charge in [-0.3, -0.25) is 14.4 Å². The summed E-state index contributed by atoms with van der Waals surface area (Å²) in [6, 6.07) is 7.93. The van der Waals surface area contributed by atoms with Gasteiger partial charge in [-0.25, -0.2) is 0 Å². The highest BCUT2D eigenvalue weighted by molar-refractivity contribution is 6.06. The second-order valence-corrected chi connectivity index (χ2v) is 4.35. The predicted molar refractivity (Wildman–Crippen MR) is 76.9 cm³/mol. The highest BCUT2D eigenvalue weighted by Gasteiger charge is 2.20. The Morgan fingerprint density at radius 2 is 2.05 bits per heavy atom. The number of pyridine rings is 1. The Morgan fingerprint density at radius 1 is 1.33 bits per heavy atom. The minimum absolute atomic E-state index is 0.130. The van der Waals surface area contributed by atoms with Crippen molar-refractivity contribution < 1.29 is 14.7 Å². The highest BCUT2D eigenvalue weighted by Crippen LogP contribution is 2.16. The monoisotopic (exact) mass is 284 g/mol. The molecule has 0 saturated carbocycles. The van der Waals surface area contributed by atoms with Gasteiger partial charge in [0.2, 0.25) is 5.56 Å². The lowest BCUT2D eigenvalue weighted by Gasteiger charge is -2.18. The summed E-state index contributed by atoms with van der Waals surface area (Å²) in [6.07, 6.45) is 5.16. The molecule has 106 valence electrons. The molecule has 0 radical (unpaired) electrons. The Labute approximate surface area is 120 Å². The fourth-order valence-corrected chi connectivity index (χ4v) is 2.02. The maximum absolute atomic E-state index is 12.5. The maximum Gasteiger partial charge on any atom is 0.323 e. The normalized spacial score (nSPS) is 10.0. The zero-order valence-electron chi connectivity index (χ0n) is 11.0. The number of nitrogens with zero attached hydrogens (tertiary/aromatic N) is 1. The number of H-pyrrole nitrogens is 1. The summed E-state index contributed by atoms with van der Waals surface area (Å²) in [7, 11) is 0. The number of fused-ring (bicyclic) bond motifs is 1. The van der Waals surface area contributed by atoms with Crippen LogP contribution in [-0.4, -0.2) is 40.0 Å². The molecular weight excluding hydrogens is 272 g/mol.